The largest absolute Gasteiger partial charge is 0.444 e. The number of halogens is 1. The summed E-state index contributed by atoms with van der Waals surface area (Å²) in [4.78, 5) is 13.8. The average molecular weight is 335 g/mol. The van der Waals surface area contributed by atoms with E-state index in [1.807, 2.05) is 45.0 Å². The standard InChI is InChI=1S/C18H23ClN2O2/c1-18(2,3)23-17(22)21-10-8-14(9-11-21)16(12-20)13-4-6-15(19)7-5-13/h4-7,14,16H,8-11H2,1-3H3. The lowest BCUT2D eigenvalue weighted by Crippen LogP contribution is -2.42. The normalized spacial score (nSPS) is 17.4. The molecule has 124 valence electrons. The number of hydrogen-bond donors (Lipinski definition) is 0. The van der Waals surface area contributed by atoms with Crippen molar-refractivity contribution in [3.05, 3.63) is 34.9 Å². The number of hydrogen-bond acceptors (Lipinski definition) is 3. The lowest BCUT2D eigenvalue weighted by Gasteiger charge is -2.35. The first-order chi connectivity index (χ1) is 10.8. The molecule has 1 aromatic rings. The maximum absolute atomic E-state index is 12.1. The van der Waals surface area contributed by atoms with Gasteiger partial charge in [-0.2, -0.15) is 5.26 Å². The van der Waals surface area contributed by atoms with E-state index < -0.39 is 5.60 Å². The van der Waals surface area contributed by atoms with Crippen LogP contribution in [-0.2, 0) is 4.74 Å². The fourth-order valence-electron chi connectivity index (χ4n) is 2.86. The zero-order valence-electron chi connectivity index (χ0n) is 13.9. The maximum Gasteiger partial charge on any atom is 0.410 e. The van der Waals surface area contributed by atoms with E-state index in [1.54, 1.807) is 4.90 Å². The molecule has 1 amide bonds. The van der Waals surface area contributed by atoms with Gasteiger partial charge in [0.1, 0.15) is 5.60 Å². The van der Waals surface area contributed by atoms with Gasteiger partial charge in [0.15, 0.2) is 0 Å². The topological polar surface area (TPSA) is 53.3 Å². The van der Waals surface area contributed by atoms with E-state index in [-0.39, 0.29) is 17.9 Å². The molecule has 1 unspecified atom stereocenters. The van der Waals surface area contributed by atoms with Gasteiger partial charge in [0.05, 0.1) is 12.0 Å². The smallest absolute Gasteiger partial charge is 0.410 e. The highest BCUT2D eigenvalue weighted by Gasteiger charge is 2.31. The van der Waals surface area contributed by atoms with E-state index in [0.717, 1.165) is 18.4 Å². The fourth-order valence-corrected chi connectivity index (χ4v) is 2.99. The first-order valence-corrected chi connectivity index (χ1v) is 8.31. The number of nitriles is 1. The Hall–Kier alpha value is -1.73. The summed E-state index contributed by atoms with van der Waals surface area (Å²) in [5.74, 6) is 0.0907. The zero-order chi connectivity index (χ0) is 17.0. The van der Waals surface area contributed by atoms with Gasteiger partial charge in [-0.25, -0.2) is 4.79 Å². The second-order valence-corrected chi connectivity index (χ2v) is 7.40. The molecule has 0 bridgehead atoms. The highest BCUT2D eigenvalue weighted by atomic mass is 35.5. The molecule has 2 rings (SSSR count). The molecule has 0 aromatic heterocycles. The Morgan fingerprint density at radius 3 is 2.35 bits per heavy atom. The quantitative estimate of drug-likeness (QED) is 0.794. The maximum atomic E-state index is 12.1. The highest BCUT2D eigenvalue weighted by Crippen LogP contribution is 2.33. The van der Waals surface area contributed by atoms with Crippen LogP contribution in [0.1, 0.15) is 45.1 Å². The minimum Gasteiger partial charge on any atom is -0.444 e. The molecule has 5 heteroatoms. The Morgan fingerprint density at radius 2 is 1.87 bits per heavy atom. The Kier molecular flexibility index (Phi) is 5.54. The van der Waals surface area contributed by atoms with Gasteiger partial charge in [-0.05, 0) is 57.2 Å². The first kappa shape index (κ1) is 17.6. The predicted molar refractivity (Wildman–Crippen MR) is 90.3 cm³/mol. The number of rotatable bonds is 2. The molecule has 1 aliphatic rings. The summed E-state index contributed by atoms with van der Waals surface area (Å²) in [6.45, 7) is 6.86. The van der Waals surface area contributed by atoms with Crippen molar-refractivity contribution >= 4 is 17.7 Å². The lowest BCUT2D eigenvalue weighted by molar-refractivity contribution is 0.0180. The number of carbonyl (C=O) groups is 1. The van der Waals surface area contributed by atoms with Gasteiger partial charge in [0.2, 0.25) is 0 Å². The zero-order valence-corrected chi connectivity index (χ0v) is 14.6. The molecule has 0 saturated carbocycles. The number of ether oxygens (including phenoxy) is 1. The van der Waals surface area contributed by atoms with Gasteiger partial charge in [-0.1, -0.05) is 23.7 Å². The first-order valence-electron chi connectivity index (χ1n) is 7.93. The van der Waals surface area contributed by atoms with Crippen molar-refractivity contribution < 1.29 is 9.53 Å². The van der Waals surface area contributed by atoms with Crippen molar-refractivity contribution in [1.29, 1.82) is 5.26 Å². The Bertz CT molecular complexity index is 579. The molecule has 0 aliphatic carbocycles. The van der Waals surface area contributed by atoms with Crippen LogP contribution in [0.15, 0.2) is 24.3 Å². The number of nitrogens with zero attached hydrogens (tertiary/aromatic N) is 2. The molecule has 0 N–H and O–H groups in total. The third-order valence-electron chi connectivity index (χ3n) is 4.03. The van der Waals surface area contributed by atoms with Crippen molar-refractivity contribution in [2.75, 3.05) is 13.1 Å². The second kappa shape index (κ2) is 7.23. The fraction of sp³-hybridized carbons (Fsp3) is 0.556. The van der Waals surface area contributed by atoms with E-state index in [0.29, 0.717) is 18.1 Å². The summed E-state index contributed by atoms with van der Waals surface area (Å²) in [6, 6.07) is 9.87. The summed E-state index contributed by atoms with van der Waals surface area (Å²) in [5.41, 5.74) is 0.513. The predicted octanol–water partition coefficient (Wildman–Crippen LogP) is 4.59. The molecule has 1 saturated heterocycles. The summed E-state index contributed by atoms with van der Waals surface area (Å²) in [5, 5.41) is 10.2. The van der Waals surface area contributed by atoms with Crippen LogP contribution in [0.4, 0.5) is 4.79 Å². The van der Waals surface area contributed by atoms with Gasteiger partial charge in [-0.3, -0.25) is 0 Å². The van der Waals surface area contributed by atoms with Crippen LogP contribution in [0.2, 0.25) is 5.02 Å². The summed E-state index contributed by atoms with van der Waals surface area (Å²) in [6.07, 6.45) is 1.34. The number of likely N-dealkylation sites (tertiary alicyclic amines) is 1. The minimum atomic E-state index is -0.480. The molecule has 1 atom stereocenters. The van der Waals surface area contributed by atoms with E-state index in [1.165, 1.54) is 0 Å². The monoisotopic (exact) mass is 334 g/mol. The average Bonchev–Trinajstić information content (AvgIpc) is 2.49. The van der Waals surface area contributed by atoms with Gasteiger partial charge in [0.25, 0.3) is 0 Å². The van der Waals surface area contributed by atoms with Gasteiger partial charge in [0, 0.05) is 18.1 Å². The van der Waals surface area contributed by atoms with Crippen molar-refractivity contribution in [3.8, 4) is 6.07 Å². The molecule has 1 aromatic carbocycles. The van der Waals surface area contributed by atoms with Gasteiger partial charge >= 0.3 is 6.09 Å². The van der Waals surface area contributed by atoms with Gasteiger partial charge in [-0.15, -0.1) is 0 Å². The number of piperidine rings is 1. The summed E-state index contributed by atoms with van der Waals surface area (Å²) in [7, 11) is 0. The van der Waals surface area contributed by atoms with Crippen LogP contribution >= 0.6 is 11.6 Å². The van der Waals surface area contributed by atoms with E-state index in [9.17, 15) is 10.1 Å². The number of carbonyl (C=O) groups excluding carboxylic acids is 1. The minimum absolute atomic E-state index is 0.159. The summed E-state index contributed by atoms with van der Waals surface area (Å²) >= 11 is 5.91. The number of benzene rings is 1. The molecule has 23 heavy (non-hydrogen) atoms. The van der Waals surface area contributed by atoms with E-state index in [4.69, 9.17) is 16.3 Å². The molecular formula is C18H23ClN2O2. The SMILES string of the molecule is CC(C)(C)OC(=O)N1CCC(C(C#N)c2ccc(Cl)cc2)CC1. The van der Waals surface area contributed by atoms with Crippen LogP contribution in [-0.4, -0.2) is 29.7 Å². The lowest BCUT2D eigenvalue weighted by atomic mass is 9.81. The molecule has 0 spiro atoms. The molecule has 4 nitrogen and oxygen atoms in total. The van der Waals surface area contributed by atoms with Crippen LogP contribution < -0.4 is 0 Å². The van der Waals surface area contributed by atoms with Crippen molar-refractivity contribution in [1.82, 2.24) is 4.90 Å². The van der Waals surface area contributed by atoms with Crippen LogP contribution in [0, 0.1) is 17.2 Å². The van der Waals surface area contributed by atoms with Crippen LogP contribution in [0.5, 0.6) is 0 Å². The van der Waals surface area contributed by atoms with Crippen molar-refractivity contribution in [2.45, 2.75) is 45.1 Å². The molecule has 1 aliphatic heterocycles. The highest BCUT2D eigenvalue weighted by molar-refractivity contribution is 6.30. The van der Waals surface area contributed by atoms with Crippen LogP contribution in [0.25, 0.3) is 0 Å². The Balaban J connectivity index is 1.96. The van der Waals surface area contributed by atoms with E-state index in [2.05, 4.69) is 6.07 Å². The third kappa shape index (κ3) is 4.87. The Labute approximate surface area is 143 Å². The van der Waals surface area contributed by atoms with Crippen molar-refractivity contribution in [2.24, 2.45) is 5.92 Å². The molecular weight excluding hydrogens is 312 g/mol. The van der Waals surface area contributed by atoms with Crippen LogP contribution in [0.3, 0.4) is 0 Å². The number of amides is 1. The summed E-state index contributed by atoms with van der Waals surface area (Å²) < 4.78 is 5.40. The van der Waals surface area contributed by atoms with Crippen molar-refractivity contribution in [3.63, 3.8) is 0 Å². The second-order valence-electron chi connectivity index (χ2n) is 6.96. The van der Waals surface area contributed by atoms with Gasteiger partial charge < -0.3 is 9.64 Å². The molecule has 0 radical (unpaired) electrons. The van der Waals surface area contributed by atoms with E-state index >= 15 is 0 Å². The Morgan fingerprint density at radius 1 is 1.30 bits per heavy atom. The third-order valence-corrected chi connectivity index (χ3v) is 4.28. The molecule has 1 heterocycles. The molecule has 1 fully saturated rings.